The van der Waals surface area contributed by atoms with E-state index in [1.165, 1.54) is 6.42 Å². The van der Waals surface area contributed by atoms with Gasteiger partial charge in [-0.25, -0.2) is 0 Å². The van der Waals surface area contributed by atoms with Gasteiger partial charge in [-0.1, -0.05) is 39.5 Å². The molecule has 1 aliphatic rings. The van der Waals surface area contributed by atoms with E-state index in [2.05, 4.69) is 38.2 Å². The Morgan fingerprint density at radius 3 is 2.35 bits per heavy atom. The third kappa shape index (κ3) is 4.74. The first-order valence-corrected chi connectivity index (χ1v) is 8.20. The summed E-state index contributed by atoms with van der Waals surface area (Å²) in [5.74, 6) is 0.814. The smallest absolute Gasteiger partial charge is 0.224 e. The Morgan fingerprint density at radius 2 is 1.85 bits per heavy atom. The molecule has 0 saturated heterocycles. The fraction of sp³-hybridized carbons (Fsp3) is 0.938. The molecule has 4 heteroatoms. The molecule has 0 heterocycles. The molecule has 1 rings (SSSR count). The largest absolute Gasteiger partial charge is 0.354 e. The second kappa shape index (κ2) is 8.63. The van der Waals surface area contributed by atoms with Gasteiger partial charge in [0, 0.05) is 18.6 Å². The van der Waals surface area contributed by atoms with E-state index >= 15 is 0 Å². The Bertz CT molecular complexity index is 289. The van der Waals surface area contributed by atoms with E-state index in [-0.39, 0.29) is 17.9 Å². The van der Waals surface area contributed by atoms with Gasteiger partial charge < -0.3 is 16.0 Å². The lowest BCUT2D eigenvalue weighted by Crippen LogP contribution is -2.49. The van der Waals surface area contributed by atoms with E-state index in [4.69, 9.17) is 5.73 Å². The molecule has 1 aliphatic carbocycles. The number of hydrogen-bond donors (Lipinski definition) is 2. The van der Waals surface area contributed by atoms with Crippen LogP contribution in [0.2, 0.25) is 0 Å². The second-order valence-electron chi connectivity index (χ2n) is 6.41. The van der Waals surface area contributed by atoms with Crippen molar-refractivity contribution in [2.24, 2.45) is 17.6 Å². The molecular weight excluding hydrogens is 250 g/mol. The average molecular weight is 283 g/mol. The van der Waals surface area contributed by atoms with E-state index in [0.29, 0.717) is 12.0 Å². The molecule has 0 spiro atoms. The lowest BCUT2D eigenvalue weighted by molar-refractivity contribution is -0.126. The number of carbonyl (C=O) groups is 1. The minimum atomic E-state index is 0.0215. The maximum atomic E-state index is 12.3. The summed E-state index contributed by atoms with van der Waals surface area (Å²) >= 11 is 0. The second-order valence-corrected chi connectivity index (χ2v) is 6.41. The van der Waals surface area contributed by atoms with Gasteiger partial charge in [0.15, 0.2) is 0 Å². The fourth-order valence-corrected chi connectivity index (χ4v) is 3.43. The van der Waals surface area contributed by atoms with Crippen molar-refractivity contribution in [3.8, 4) is 0 Å². The molecular formula is C16H33N3O. The van der Waals surface area contributed by atoms with Crippen molar-refractivity contribution in [3.63, 3.8) is 0 Å². The Kier molecular flexibility index (Phi) is 7.52. The van der Waals surface area contributed by atoms with Crippen LogP contribution in [-0.4, -0.2) is 43.5 Å². The standard InChI is InChI=1S/C16H33N3O/c1-5-12(6-2)15(19(3)4)11-18-16(20)13-9-7-8-10-14(13)17/h12-15H,5-11,17H2,1-4H3,(H,18,20). The maximum absolute atomic E-state index is 12.3. The van der Waals surface area contributed by atoms with Crippen LogP contribution in [0.15, 0.2) is 0 Å². The summed E-state index contributed by atoms with van der Waals surface area (Å²) in [6.07, 6.45) is 6.54. The lowest BCUT2D eigenvalue weighted by atomic mass is 9.84. The molecule has 1 fully saturated rings. The molecule has 3 atom stereocenters. The number of rotatable bonds is 7. The number of carbonyl (C=O) groups excluding carboxylic acids is 1. The van der Waals surface area contributed by atoms with E-state index in [9.17, 15) is 4.79 Å². The summed E-state index contributed by atoms with van der Waals surface area (Å²) in [5, 5.41) is 3.15. The van der Waals surface area contributed by atoms with Crippen LogP contribution in [0.3, 0.4) is 0 Å². The van der Waals surface area contributed by atoms with Crippen molar-refractivity contribution in [2.75, 3.05) is 20.6 Å². The highest BCUT2D eigenvalue weighted by Gasteiger charge is 2.29. The van der Waals surface area contributed by atoms with Crippen molar-refractivity contribution >= 4 is 5.91 Å². The number of likely N-dealkylation sites (N-methyl/N-ethyl adjacent to an activating group) is 1. The van der Waals surface area contributed by atoms with Gasteiger partial charge in [0.25, 0.3) is 0 Å². The quantitative estimate of drug-likeness (QED) is 0.751. The van der Waals surface area contributed by atoms with E-state index in [1.807, 2.05) is 0 Å². The predicted molar refractivity (Wildman–Crippen MR) is 84.5 cm³/mol. The number of nitrogens with zero attached hydrogens (tertiary/aromatic N) is 1. The molecule has 0 aromatic rings. The molecule has 0 aromatic heterocycles. The van der Waals surface area contributed by atoms with E-state index < -0.39 is 0 Å². The summed E-state index contributed by atoms with van der Waals surface area (Å²) in [5.41, 5.74) is 6.09. The lowest BCUT2D eigenvalue weighted by Gasteiger charge is -2.33. The van der Waals surface area contributed by atoms with Crippen LogP contribution < -0.4 is 11.1 Å². The first kappa shape index (κ1) is 17.4. The van der Waals surface area contributed by atoms with E-state index in [0.717, 1.165) is 38.6 Å². The first-order chi connectivity index (χ1) is 9.51. The van der Waals surface area contributed by atoms with Crippen LogP contribution in [0.4, 0.5) is 0 Å². The Labute approximate surface area is 124 Å². The van der Waals surface area contributed by atoms with Gasteiger partial charge in [-0.2, -0.15) is 0 Å². The molecule has 1 saturated carbocycles. The van der Waals surface area contributed by atoms with E-state index in [1.54, 1.807) is 0 Å². The average Bonchev–Trinajstić information content (AvgIpc) is 2.43. The van der Waals surface area contributed by atoms with Gasteiger partial charge in [-0.15, -0.1) is 0 Å². The number of nitrogens with one attached hydrogen (secondary N) is 1. The third-order valence-corrected chi connectivity index (χ3v) is 4.90. The number of amides is 1. The normalized spacial score (nSPS) is 24.9. The summed E-state index contributed by atoms with van der Waals surface area (Å²) in [6.45, 7) is 5.19. The minimum Gasteiger partial charge on any atom is -0.354 e. The first-order valence-electron chi connectivity index (χ1n) is 8.20. The van der Waals surface area contributed by atoms with Gasteiger partial charge >= 0.3 is 0 Å². The van der Waals surface area contributed by atoms with Crippen LogP contribution in [0.25, 0.3) is 0 Å². The summed E-state index contributed by atoms with van der Waals surface area (Å²) in [6, 6.07) is 0.462. The fourth-order valence-electron chi connectivity index (χ4n) is 3.43. The van der Waals surface area contributed by atoms with Crippen LogP contribution in [0, 0.1) is 11.8 Å². The third-order valence-electron chi connectivity index (χ3n) is 4.90. The zero-order valence-electron chi connectivity index (χ0n) is 13.7. The molecule has 0 radical (unpaired) electrons. The SMILES string of the molecule is CCC(CC)C(CNC(=O)C1CCCCC1N)N(C)C. The van der Waals surface area contributed by atoms with Gasteiger partial charge in [0.2, 0.25) is 5.91 Å². The molecule has 20 heavy (non-hydrogen) atoms. The molecule has 3 unspecified atom stereocenters. The molecule has 118 valence electrons. The molecule has 0 aliphatic heterocycles. The van der Waals surface area contributed by atoms with Crippen molar-refractivity contribution < 1.29 is 4.79 Å². The van der Waals surface area contributed by atoms with Crippen LogP contribution in [-0.2, 0) is 4.79 Å². The molecule has 3 N–H and O–H groups in total. The van der Waals surface area contributed by atoms with Gasteiger partial charge in [0.1, 0.15) is 0 Å². The van der Waals surface area contributed by atoms with Crippen molar-refractivity contribution in [3.05, 3.63) is 0 Å². The van der Waals surface area contributed by atoms with Crippen molar-refractivity contribution in [1.82, 2.24) is 10.2 Å². The van der Waals surface area contributed by atoms with Crippen LogP contribution >= 0.6 is 0 Å². The zero-order valence-corrected chi connectivity index (χ0v) is 13.7. The maximum Gasteiger partial charge on any atom is 0.224 e. The molecule has 4 nitrogen and oxygen atoms in total. The molecule has 1 amide bonds. The van der Waals surface area contributed by atoms with Gasteiger partial charge in [-0.05, 0) is 32.9 Å². The molecule has 0 aromatic carbocycles. The highest BCUT2D eigenvalue weighted by molar-refractivity contribution is 5.79. The summed E-state index contributed by atoms with van der Waals surface area (Å²) in [7, 11) is 4.20. The number of hydrogen-bond acceptors (Lipinski definition) is 3. The van der Waals surface area contributed by atoms with Crippen molar-refractivity contribution in [1.29, 1.82) is 0 Å². The summed E-state index contributed by atoms with van der Waals surface area (Å²) in [4.78, 5) is 14.6. The number of nitrogens with two attached hydrogens (primary N) is 1. The van der Waals surface area contributed by atoms with Crippen molar-refractivity contribution in [2.45, 2.75) is 64.5 Å². The summed E-state index contributed by atoms with van der Waals surface area (Å²) < 4.78 is 0. The minimum absolute atomic E-state index is 0.0215. The van der Waals surface area contributed by atoms with Crippen LogP contribution in [0.5, 0.6) is 0 Å². The topological polar surface area (TPSA) is 58.4 Å². The van der Waals surface area contributed by atoms with Gasteiger partial charge in [-0.3, -0.25) is 4.79 Å². The highest BCUT2D eigenvalue weighted by atomic mass is 16.1. The monoisotopic (exact) mass is 283 g/mol. The molecule has 0 bridgehead atoms. The Hall–Kier alpha value is -0.610. The predicted octanol–water partition coefficient (Wildman–Crippen LogP) is 1.99. The van der Waals surface area contributed by atoms with Gasteiger partial charge in [0.05, 0.1) is 5.92 Å². The Morgan fingerprint density at radius 1 is 1.25 bits per heavy atom. The highest BCUT2D eigenvalue weighted by Crippen LogP contribution is 2.23. The zero-order chi connectivity index (χ0) is 15.1. The Balaban J connectivity index is 2.51. The van der Waals surface area contributed by atoms with Crippen LogP contribution in [0.1, 0.15) is 52.4 Å².